The standard InChI is InChI=1S/C21H21N3/c1-2-7-21-19(5-1)13-20(15-24-21)23-14-16-4-3-6-18(12-16)17-8-10-22-11-9-17/h1-12,20,23-24H,13-15H2. The van der Waals surface area contributed by atoms with Crippen LogP contribution in [0.4, 0.5) is 5.69 Å². The van der Waals surface area contributed by atoms with Gasteiger partial charge in [-0.25, -0.2) is 0 Å². The van der Waals surface area contributed by atoms with Crippen LogP contribution in [-0.2, 0) is 13.0 Å². The molecule has 3 nitrogen and oxygen atoms in total. The number of aromatic nitrogens is 1. The number of hydrogen-bond donors (Lipinski definition) is 2. The zero-order valence-electron chi connectivity index (χ0n) is 13.6. The maximum Gasteiger partial charge on any atom is 0.0373 e. The zero-order chi connectivity index (χ0) is 16.2. The number of para-hydroxylation sites is 1. The number of anilines is 1. The van der Waals surface area contributed by atoms with Gasteiger partial charge in [-0.1, -0.05) is 36.4 Å². The average molecular weight is 315 g/mol. The molecule has 0 amide bonds. The molecular formula is C21H21N3. The largest absolute Gasteiger partial charge is 0.383 e. The lowest BCUT2D eigenvalue weighted by Crippen LogP contribution is -2.39. The molecule has 1 aromatic heterocycles. The summed E-state index contributed by atoms with van der Waals surface area (Å²) in [6.45, 7) is 1.86. The van der Waals surface area contributed by atoms with Gasteiger partial charge in [0.05, 0.1) is 0 Å². The number of rotatable bonds is 4. The van der Waals surface area contributed by atoms with Crippen LogP contribution < -0.4 is 10.6 Å². The summed E-state index contributed by atoms with van der Waals surface area (Å²) >= 11 is 0. The molecule has 0 aliphatic carbocycles. The number of nitrogens with one attached hydrogen (secondary N) is 2. The van der Waals surface area contributed by atoms with Crippen LogP contribution in [0.5, 0.6) is 0 Å². The van der Waals surface area contributed by atoms with E-state index in [0.717, 1.165) is 19.5 Å². The van der Waals surface area contributed by atoms with Crippen LogP contribution in [0, 0.1) is 0 Å². The summed E-state index contributed by atoms with van der Waals surface area (Å²) in [6.07, 6.45) is 4.75. The normalized spacial score (nSPS) is 16.2. The van der Waals surface area contributed by atoms with Crippen molar-refractivity contribution >= 4 is 5.69 Å². The Morgan fingerprint density at radius 1 is 0.958 bits per heavy atom. The molecule has 4 rings (SSSR count). The van der Waals surface area contributed by atoms with Crippen molar-refractivity contribution in [3.63, 3.8) is 0 Å². The van der Waals surface area contributed by atoms with E-state index in [1.807, 2.05) is 12.4 Å². The van der Waals surface area contributed by atoms with E-state index in [4.69, 9.17) is 0 Å². The molecule has 1 aliphatic rings. The van der Waals surface area contributed by atoms with Gasteiger partial charge in [0.25, 0.3) is 0 Å². The van der Waals surface area contributed by atoms with Crippen LogP contribution in [0.15, 0.2) is 73.1 Å². The summed E-state index contributed by atoms with van der Waals surface area (Å²) in [5.74, 6) is 0. The SMILES string of the molecule is c1cc(CNC2CNc3ccccc3C2)cc(-c2ccncc2)c1. The fourth-order valence-corrected chi connectivity index (χ4v) is 3.25. The zero-order valence-corrected chi connectivity index (χ0v) is 13.6. The maximum absolute atomic E-state index is 4.09. The molecule has 0 saturated heterocycles. The van der Waals surface area contributed by atoms with Gasteiger partial charge >= 0.3 is 0 Å². The Morgan fingerprint density at radius 2 is 1.83 bits per heavy atom. The number of nitrogens with zero attached hydrogens (tertiary/aromatic N) is 1. The van der Waals surface area contributed by atoms with Crippen molar-refractivity contribution in [1.82, 2.24) is 10.3 Å². The van der Waals surface area contributed by atoms with Crippen molar-refractivity contribution in [2.24, 2.45) is 0 Å². The van der Waals surface area contributed by atoms with E-state index >= 15 is 0 Å². The molecule has 1 atom stereocenters. The van der Waals surface area contributed by atoms with E-state index in [2.05, 4.69) is 76.3 Å². The van der Waals surface area contributed by atoms with E-state index in [1.165, 1.54) is 27.9 Å². The van der Waals surface area contributed by atoms with E-state index in [-0.39, 0.29) is 0 Å². The van der Waals surface area contributed by atoms with Gasteiger partial charge in [-0.2, -0.15) is 0 Å². The first-order valence-electron chi connectivity index (χ1n) is 8.43. The van der Waals surface area contributed by atoms with Crippen molar-refractivity contribution in [3.05, 3.63) is 84.2 Å². The fraction of sp³-hybridized carbons (Fsp3) is 0.190. The molecule has 24 heavy (non-hydrogen) atoms. The minimum atomic E-state index is 0.462. The Balaban J connectivity index is 1.42. The van der Waals surface area contributed by atoms with Crippen molar-refractivity contribution in [2.75, 3.05) is 11.9 Å². The Hall–Kier alpha value is -2.65. The van der Waals surface area contributed by atoms with Gasteiger partial charge < -0.3 is 10.6 Å². The molecule has 3 aromatic rings. The third kappa shape index (κ3) is 3.31. The number of fused-ring (bicyclic) bond motifs is 1. The quantitative estimate of drug-likeness (QED) is 0.767. The average Bonchev–Trinajstić information content (AvgIpc) is 2.67. The van der Waals surface area contributed by atoms with Crippen molar-refractivity contribution < 1.29 is 0 Å². The predicted molar refractivity (Wildman–Crippen MR) is 98.9 cm³/mol. The fourth-order valence-electron chi connectivity index (χ4n) is 3.25. The smallest absolute Gasteiger partial charge is 0.0373 e. The first-order chi connectivity index (χ1) is 11.9. The minimum absolute atomic E-state index is 0.462. The molecular weight excluding hydrogens is 294 g/mol. The molecule has 1 aliphatic heterocycles. The Labute approximate surface area is 142 Å². The minimum Gasteiger partial charge on any atom is -0.383 e. The number of pyridine rings is 1. The molecule has 0 saturated carbocycles. The van der Waals surface area contributed by atoms with Crippen LogP contribution in [-0.4, -0.2) is 17.6 Å². The summed E-state index contributed by atoms with van der Waals surface area (Å²) < 4.78 is 0. The molecule has 3 heteroatoms. The second-order valence-corrected chi connectivity index (χ2v) is 6.26. The van der Waals surface area contributed by atoms with E-state index < -0.39 is 0 Å². The number of hydrogen-bond acceptors (Lipinski definition) is 3. The molecule has 0 radical (unpaired) electrons. The second kappa shape index (κ2) is 6.85. The third-order valence-electron chi connectivity index (χ3n) is 4.56. The predicted octanol–water partition coefficient (Wildman–Crippen LogP) is 3.88. The third-order valence-corrected chi connectivity index (χ3v) is 4.56. The second-order valence-electron chi connectivity index (χ2n) is 6.26. The summed E-state index contributed by atoms with van der Waals surface area (Å²) in [4.78, 5) is 4.09. The number of benzene rings is 2. The van der Waals surface area contributed by atoms with Crippen molar-refractivity contribution in [3.8, 4) is 11.1 Å². The monoisotopic (exact) mass is 315 g/mol. The van der Waals surface area contributed by atoms with Crippen LogP contribution in [0.1, 0.15) is 11.1 Å². The summed E-state index contributed by atoms with van der Waals surface area (Å²) in [5.41, 5.74) is 6.43. The summed E-state index contributed by atoms with van der Waals surface area (Å²) in [6, 6.07) is 21.8. The Morgan fingerprint density at radius 3 is 2.75 bits per heavy atom. The lowest BCUT2D eigenvalue weighted by Gasteiger charge is -2.27. The van der Waals surface area contributed by atoms with E-state index in [1.54, 1.807) is 0 Å². The van der Waals surface area contributed by atoms with Gasteiger partial charge in [0.2, 0.25) is 0 Å². The Kier molecular flexibility index (Phi) is 4.26. The summed E-state index contributed by atoms with van der Waals surface area (Å²) in [7, 11) is 0. The molecule has 0 spiro atoms. The van der Waals surface area contributed by atoms with Crippen LogP contribution >= 0.6 is 0 Å². The molecule has 2 N–H and O–H groups in total. The highest BCUT2D eigenvalue weighted by molar-refractivity contribution is 5.63. The lowest BCUT2D eigenvalue weighted by atomic mass is 9.99. The highest BCUT2D eigenvalue weighted by atomic mass is 15.0. The van der Waals surface area contributed by atoms with Crippen molar-refractivity contribution in [1.29, 1.82) is 0 Å². The highest BCUT2D eigenvalue weighted by Gasteiger charge is 2.16. The summed E-state index contributed by atoms with van der Waals surface area (Å²) in [5, 5.41) is 7.20. The molecule has 1 unspecified atom stereocenters. The molecule has 0 fully saturated rings. The van der Waals surface area contributed by atoms with Gasteiger partial charge in [0.1, 0.15) is 0 Å². The lowest BCUT2D eigenvalue weighted by molar-refractivity contribution is 0.517. The van der Waals surface area contributed by atoms with Gasteiger partial charge in [0.15, 0.2) is 0 Å². The van der Waals surface area contributed by atoms with Crippen molar-refractivity contribution in [2.45, 2.75) is 19.0 Å². The molecule has 120 valence electrons. The highest BCUT2D eigenvalue weighted by Crippen LogP contribution is 2.22. The van der Waals surface area contributed by atoms with Gasteiger partial charge in [-0.3, -0.25) is 4.98 Å². The first-order valence-corrected chi connectivity index (χ1v) is 8.43. The maximum atomic E-state index is 4.09. The van der Waals surface area contributed by atoms with E-state index in [0.29, 0.717) is 6.04 Å². The van der Waals surface area contributed by atoms with Crippen LogP contribution in [0.25, 0.3) is 11.1 Å². The van der Waals surface area contributed by atoms with E-state index in [9.17, 15) is 0 Å². The molecule has 0 bridgehead atoms. The van der Waals surface area contributed by atoms with Crippen LogP contribution in [0.3, 0.4) is 0 Å². The van der Waals surface area contributed by atoms with Gasteiger partial charge in [-0.15, -0.1) is 0 Å². The molecule has 2 heterocycles. The van der Waals surface area contributed by atoms with Gasteiger partial charge in [-0.05, 0) is 52.9 Å². The first kappa shape index (κ1) is 14.9. The van der Waals surface area contributed by atoms with Gasteiger partial charge in [0, 0.05) is 37.2 Å². The van der Waals surface area contributed by atoms with Crippen LogP contribution in [0.2, 0.25) is 0 Å². The Bertz CT molecular complexity index is 814. The topological polar surface area (TPSA) is 37.0 Å². The molecule has 2 aromatic carbocycles.